The van der Waals surface area contributed by atoms with Gasteiger partial charge in [0.25, 0.3) is 11.8 Å². The summed E-state index contributed by atoms with van der Waals surface area (Å²) in [7, 11) is 0. The van der Waals surface area contributed by atoms with Gasteiger partial charge in [-0.05, 0) is 80.2 Å². The fraction of sp³-hybridized carbons (Fsp3) is 0.174. The lowest BCUT2D eigenvalue weighted by Gasteiger charge is -2.13. The molecule has 2 amide bonds. The predicted octanol–water partition coefficient (Wildman–Crippen LogP) is 4.84. The van der Waals surface area contributed by atoms with E-state index in [1.165, 1.54) is 6.26 Å². The third-order valence-electron chi connectivity index (χ3n) is 4.38. The maximum absolute atomic E-state index is 12.4. The molecule has 1 heterocycles. The van der Waals surface area contributed by atoms with E-state index in [-0.39, 0.29) is 28.8 Å². The van der Waals surface area contributed by atoms with Crippen LogP contribution in [0.5, 0.6) is 5.75 Å². The number of carbonyl (C=O) groups is 2. The minimum atomic E-state index is -0.362. The largest absolute Gasteiger partial charge is 0.491 e. The van der Waals surface area contributed by atoms with Crippen LogP contribution < -0.4 is 20.7 Å². The number of hydrogen-bond donors (Lipinski definition) is 3. The lowest BCUT2D eigenvalue weighted by Crippen LogP contribution is -2.34. The van der Waals surface area contributed by atoms with Crippen LogP contribution in [0.4, 0.5) is 11.4 Å². The summed E-state index contributed by atoms with van der Waals surface area (Å²) in [5, 5.41) is 8.44. The van der Waals surface area contributed by atoms with Crippen molar-refractivity contribution in [3.63, 3.8) is 0 Å². The molecular formula is C23H23N3O4S. The van der Waals surface area contributed by atoms with Crippen molar-refractivity contribution in [2.24, 2.45) is 0 Å². The standard InChI is InChI=1S/C23H23N3O4S/c1-3-15(2)30-19-11-9-16(10-12-19)21(27)26-23(31)25-18-7-4-6-17(14-18)24-22(28)20-8-5-13-29-20/h4-15H,3H2,1-2H3,(H,24,28)(H2,25,26,27,31). The van der Waals surface area contributed by atoms with Gasteiger partial charge in [-0.3, -0.25) is 14.9 Å². The van der Waals surface area contributed by atoms with Crippen molar-refractivity contribution in [1.29, 1.82) is 0 Å². The monoisotopic (exact) mass is 437 g/mol. The average molecular weight is 438 g/mol. The molecule has 0 radical (unpaired) electrons. The van der Waals surface area contributed by atoms with Gasteiger partial charge in [-0.15, -0.1) is 0 Å². The van der Waals surface area contributed by atoms with E-state index in [1.807, 2.05) is 13.8 Å². The zero-order valence-corrected chi connectivity index (χ0v) is 18.0. The first-order valence-corrected chi connectivity index (χ1v) is 10.2. The minimum absolute atomic E-state index is 0.107. The Balaban J connectivity index is 1.55. The number of furan rings is 1. The van der Waals surface area contributed by atoms with Crippen LogP contribution in [-0.4, -0.2) is 23.0 Å². The molecule has 31 heavy (non-hydrogen) atoms. The number of ether oxygens (including phenoxy) is 1. The molecule has 1 unspecified atom stereocenters. The van der Waals surface area contributed by atoms with Gasteiger partial charge in [0.1, 0.15) is 5.75 Å². The number of hydrogen-bond acceptors (Lipinski definition) is 5. The quantitative estimate of drug-likeness (QED) is 0.458. The summed E-state index contributed by atoms with van der Waals surface area (Å²) in [4.78, 5) is 24.5. The van der Waals surface area contributed by atoms with Crippen LogP contribution in [0.15, 0.2) is 71.3 Å². The fourth-order valence-electron chi connectivity index (χ4n) is 2.61. The van der Waals surface area contributed by atoms with Crippen molar-refractivity contribution in [3.05, 3.63) is 78.3 Å². The van der Waals surface area contributed by atoms with Gasteiger partial charge < -0.3 is 19.8 Å². The molecular weight excluding hydrogens is 414 g/mol. The molecule has 7 nitrogen and oxygen atoms in total. The van der Waals surface area contributed by atoms with Gasteiger partial charge in [0.05, 0.1) is 12.4 Å². The molecule has 1 aromatic heterocycles. The molecule has 3 N–H and O–H groups in total. The highest BCUT2D eigenvalue weighted by Gasteiger charge is 2.11. The average Bonchev–Trinajstić information content (AvgIpc) is 3.29. The van der Waals surface area contributed by atoms with Crippen molar-refractivity contribution < 1.29 is 18.7 Å². The first kappa shape index (κ1) is 22.0. The summed E-state index contributed by atoms with van der Waals surface area (Å²) in [6.07, 6.45) is 2.44. The summed E-state index contributed by atoms with van der Waals surface area (Å²) in [5.74, 6) is 0.218. The number of benzene rings is 2. The number of amides is 2. The first-order chi connectivity index (χ1) is 14.9. The Morgan fingerprint density at radius 2 is 1.71 bits per heavy atom. The van der Waals surface area contributed by atoms with Crippen LogP contribution in [0, 0.1) is 0 Å². The number of carbonyl (C=O) groups excluding carboxylic acids is 2. The van der Waals surface area contributed by atoms with E-state index in [1.54, 1.807) is 60.7 Å². The highest BCUT2D eigenvalue weighted by atomic mass is 32.1. The summed E-state index contributed by atoms with van der Waals surface area (Å²) in [5.41, 5.74) is 1.62. The number of nitrogens with one attached hydrogen (secondary N) is 3. The topological polar surface area (TPSA) is 92.6 Å². The van der Waals surface area contributed by atoms with Gasteiger partial charge in [0.2, 0.25) is 0 Å². The van der Waals surface area contributed by atoms with Crippen LogP contribution in [0.3, 0.4) is 0 Å². The molecule has 160 valence electrons. The van der Waals surface area contributed by atoms with E-state index in [0.717, 1.165) is 6.42 Å². The van der Waals surface area contributed by atoms with E-state index in [9.17, 15) is 9.59 Å². The molecule has 0 fully saturated rings. The lowest BCUT2D eigenvalue weighted by atomic mass is 10.2. The molecule has 3 aromatic rings. The van der Waals surface area contributed by atoms with Crippen LogP contribution in [0.2, 0.25) is 0 Å². The van der Waals surface area contributed by atoms with Crippen LogP contribution >= 0.6 is 12.2 Å². The fourth-order valence-corrected chi connectivity index (χ4v) is 2.82. The van der Waals surface area contributed by atoms with Crippen molar-refractivity contribution >= 4 is 40.5 Å². The minimum Gasteiger partial charge on any atom is -0.491 e. The van der Waals surface area contributed by atoms with Crippen molar-refractivity contribution in [1.82, 2.24) is 5.32 Å². The highest BCUT2D eigenvalue weighted by Crippen LogP contribution is 2.17. The number of anilines is 2. The molecule has 0 saturated heterocycles. The van der Waals surface area contributed by atoms with Crippen molar-refractivity contribution in [3.8, 4) is 5.75 Å². The second-order valence-electron chi connectivity index (χ2n) is 6.78. The second-order valence-corrected chi connectivity index (χ2v) is 7.19. The van der Waals surface area contributed by atoms with Gasteiger partial charge in [0, 0.05) is 16.9 Å². The van der Waals surface area contributed by atoms with Crippen LogP contribution in [0.25, 0.3) is 0 Å². The van der Waals surface area contributed by atoms with Gasteiger partial charge in [-0.25, -0.2) is 0 Å². The molecule has 0 spiro atoms. The Labute approximate surface area is 185 Å². The maximum Gasteiger partial charge on any atom is 0.291 e. The Morgan fingerprint density at radius 1 is 1.00 bits per heavy atom. The molecule has 0 aliphatic rings. The zero-order valence-electron chi connectivity index (χ0n) is 17.2. The lowest BCUT2D eigenvalue weighted by molar-refractivity contribution is 0.0975. The molecule has 3 rings (SSSR count). The van der Waals surface area contributed by atoms with Crippen LogP contribution in [-0.2, 0) is 0 Å². The smallest absolute Gasteiger partial charge is 0.291 e. The third kappa shape index (κ3) is 6.42. The van der Waals surface area contributed by atoms with Gasteiger partial charge >= 0.3 is 0 Å². The Bertz CT molecular complexity index is 1050. The molecule has 0 aliphatic heterocycles. The summed E-state index contributed by atoms with van der Waals surface area (Å²) in [6.45, 7) is 4.03. The Kier molecular flexibility index (Phi) is 7.40. The summed E-state index contributed by atoms with van der Waals surface area (Å²) in [6, 6.07) is 17.0. The molecule has 1 atom stereocenters. The van der Waals surface area contributed by atoms with Crippen molar-refractivity contribution in [2.75, 3.05) is 10.6 Å². The first-order valence-electron chi connectivity index (χ1n) is 9.78. The van der Waals surface area contributed by atoms with E-state index < -0.39 is 0 Å². The number of rotatable bonds is 7. The molecule has 0 saturated carbocycles. The molecule has 2 aromatic carbocycles. The zero-order chi connectivity index (χ0) is 22.2. The van der Waals surface area contributed by atoms with E-state index in [4.69, 9.17) is 21.4 Å². The van der Waals surface area contributed by atoms with Crippen LogP contribution in [0.1, 0.15) is 41.2 Å². The molecule has 0 bridgehead atoms. The Morgan fingerprint density at radius 3 is 2.35 bits per heavy atom. The second kappa shape index (κ2) is 10.4. The Hall–Kier alpha value is -3.65. The highest BCUT2D eigenvalue weighted by molar-refractivity contribution is 7.80. The predicted molar refractivity (Wildman–Crippen MR) is 124 cm³/mol. The normalized spacial score (nSPS) is 11.3. The SMILES string of the molecule is CCC(C)Oc1ccc(C(=O)NC(=S)Nc2cccc(NC(=O)c3ccco3)c2)cc1. The van der Waals surface area contributed by atoms with E-state index in [0.29, 0.717) is 22.7 Å². The maximum atomic E-state index is 12.4. The molecule has 0 aliphatic carbocycles. The molecule has 8 heteroatoms. The van der Waals surface area contributed by atoms with Gasteiger partial charge in [0.15, 0.2) is 10.9 Å². The number of thiocarbonyl (C=S) groups is 1. The summed E-state index contributed by atoms with van der Waals surface area (Å²) < 4.78 is 10.8. The third-order valence-corrected chi connectivity index (χ3v) is 4.58. The van der Waals surface area contributed by atoms with Gasteiger partial charge in [-0.1, -0.05) is 13.0 Å². The van der Waals surface area contributed by atoms with Crippen molar-refractivity contribution in [2.45, 2.75) is 26.4 Å². The summed E-state index contributed by atoms with van der Waals surface area (Å²) >= 11 is 5.24. The van der Waals surface area contributed by atoms with Gasteiger partial charge in [-0.2, -0.15) is 0 Å². The van der Waals surface area contributed by atoms with E-state index in [2.05, 4.69) is 16.0 Å². The van der Waals surface area contributed by atoms with E-state index >= 15 is 0 Å².